The summed E-state index contributed by atoms with van der Waals surface area (Å²) in [5.74, 6) is 1.49. The second-order valence-corrected chi connectivity index (χ2v) is 8.75. The summed E-state index contributed by atoms with van der Waals surface area (Å²) in [6.07, 6.45) is 6.32. The van der Waals surface area contributed by atoms with Crippen LogP contribution in [0.2, 0.25) is 0 Å². The van der Waals surface area contributed by atoms with Crippen LogP contribution in [0.3, 0.4) is 0 Å². The zero-order valence-corrected chi connectivity index (χ0v) is 16.6. The molecule has 4 unspecified atom stereocenters. The summed E-state index contributed by atoms with van der Waals surface area (Å²) in [6.45, 7) is 7.92. The lowest BCUT2D eigenvalue weighted by atomic mass is 9.85. The van der Waals surface area contributed by atoms with E-state index in [1.165, 1.54) is 63.1 Å². The van der Waals surface area contributed by atoms with Gasteiger partial charge in [0.15, 0.2) is 0 Å². The van der Waals surface area contributed by atoms with Crippen molar-refractivity contribution in [1.29, 1.82) is 0 Å². The molecule has 1 aromatic rings. The molecule has 2 saturated heterocycles. The molecule has 1 aromatic carbocycles. The van der Waals surface area contributed by atoms with Gasteiger partial charge < -0.3 is 26.6 Å². The number of unbranched alkanes of at least 4 members (excludes halogenated alkanes) is 1. The van der Waals surface area contributed by atoms with Crippen molar-refractivity contribution in [1.82, 2.24) is 15.5 Å². The van der Waals surface area contributed by atoms with Crippen molar-refractivity contribution in [2.45, 2.75) is 50.1 Å². The number of hydrogen-bond donors (Lipinski definition) is 4. The number of benzene rings is 1. The topological polar surface area (TPSA) is 65.3 Å². The van der Waals surface area contributed by atoms with E-state index >= 15 is 0 Å². The van der Waals surface area contributed by atoms with Gasteiger partial charge in [0.1, 0.15) is 0 Å². The number of piperidine rings is 2. The van der Waals surface area contributed by atoms with Crippen LogP contribution in [0, 0.1) is 5.92 Å². The first-order chi connectivity index (χ1) is 13.3. The van der Waals surface area contributed by atoms with E-state index in [9.17, 15) is 0 Å². The fourth-order valence-electron chi connectivity index (χ4n) is 5.27. The van der Waals surface area contributed by atoms with Crippen LogP contribution in [0.25, 0.3) is 0 Å². The molecule has 150 valence electrons. The number of para-hydroxylation sites is 1. The Morgan fingerprint density at radius 2 is 2.15 bits per heavy atom. The Balaban J connectivity index is 1.23. The predicted octanol–water partition coefficient (Wildman–Crippen LogP) is 1.97. The number of hydrogen-bond acceptors (Lipinski definition) is 5. The van der Waals surface area contributed by atoms with Gasteiger partial charge in [-0.2, -0.15) is 0 Å². The van der Waals surface area contributed by atoms with Gasteiger partial charge in [-0.3, -0.25) is 0 Å². The third-order valence-electron chi connectivity index (χ3n) is 6.67. The standard InChI is InChI=1S/C22H37N5/c23-9-3-4-10-24-13-17-6-5-11-27(15-17)16-18-12-20-19-7-1-2-8-21(19)26-22(20)14-25-18/h1-2,7-8,17-18,20,22,24-26H,3-6,9-16,23H2. The Labute approximate surface area is 164 Å². The van der Waals surface area contributed by atoms with Crippen LogP contribution in [0.4, 0.5) is 5.69 Å². The molecule has 3 heterocycles. The van der Waals surface area contributed by atoms with Crippen molar-refractivity contribution in [2.75, 3.05) is 51.1 Å². The van der Waals surface area contributed by atoms with Gasteiger partial charge in [0.2, 0.25) is 0 Å². The fourth-order valence-corrected chi connectivity index (χ4v) is 5.27. The molecule has 0 bridgehead atoms. The zero-order valence-electron chi connectivity index (χ0n) is 16.6. The quantitative estimate of drug-likeness (QED) is 0.526. The Morgan fingerprint density at radius 1 is 1.22 bits per heavy atom. The second-order valence-electron chi connectivity index (χ2n) is 8.75. The van der Waals surface area contributed by atoms with Gasteiger partial charge in [-0.25, -0.2) is 0 Å². The van der Waals surface area contributed by atoms with Crippen molar-refractivity contribution >= 4 is 5.69 Å². The van der Waals surface area contributed by atoms with E-state index in [1.807, 2.05) is 0 Å². The molecule has 5 heteroatoms. The van der Waals surface area contributed by atoms with Crippen LogP contribution in [0.15, 0.2) is 24.3 Å². The van der Waals surface area contributed by atoms with E-state index in [-0.39, 0.29) is 0 Å². The van der Waals surface area contributed by atoms with Crippen LogP contribution in [-0.2, 0) is 0 Å². The molecule has 5 N–H and O–H groups in total. The lowest BCUT2D eigenvalue weighted by Crippen LogP contribution is -2.52. The third-order valence-corrected chi connectivity index (χ3v) is 6.67. The highest BCUT2D eigenvalue weighted by atomic mass is 15.2. The monoisotopic (exact) mass is 371 g/mol. The van der Waals surface area contributed by atoms with E-state index in [1.54, 1.807) is 0 Å². The zero-order chi connectivity index (χ0) is 18.5. The average Bonchev–Trinajstić information content (AvgIpc) is 3.06. The molecule has 3 aliphatic rings. The van der Waals surface area contributed by atoms with Crippen molar-refractivity contribution in [3.05, 3.63) is 29.8 Å². The van der Waals surface area contributed by atoms with Gasteiger partial charge in [-0.1, -0.05) is 18.2 Å². The van der Waals surface area contributed by atoms with Crippen LogP contribution in [0.1, 0.15) is 43.6 Å². The van der Waals surface area contributed by atoms with Gasteiger partial charge in [0.25, 0.3) is 0 Å². The van der Waals surface area contributed by atoms with Gasteiger partial charge in [-0.05, 0) is 75.8 Å². The number of rotatable bonds is 8. The summed E-state index contributed by atoms with van der Waals surface area (Å²) in [6, 6.07) is 10.1. The lowest BCUT2D eigenvalue weighted by Gasteiger charge is -2.39. The Morgan fingerprint density at radius 3 is 3.07 bits per heavy atom. The Hall–Kier alpha value is -1.14. The van der Waals surface area contributed by atoms with E-state index in [0.29, 0.717) is 18.0 Å². The van der Waals surface area contributed by atoms with E-state index < -0.39 is 0 Å². The van der Waals surface area contributed by atoms with Crippen molar-refractivity contribution < 1.29 is 0 Å². The Bertz CT molecular complexity index is 592. The molecule has 2 fully saturated rings. The predicted molar refractivity (Wildman–Crippen MR) is 113 cm³/mol. The van der Waals surface area contributed by atoms with E-state index in [0.717, 1.165) is 32.0 Å². The highest BCUT2D eigenvalue weighted by molar-refractivity contribution is 5.59. The number of nitrogens with one attached hydrogen (secondary N) is 3. The number of nitrogens with two attached hydrogens (primary N) is 1. The highest BCUT2D eigenvalue weighted by Gasteiger charge is 2.37. The molecule has 0 amide bonds. The molecule has 0 radical (unpaired) electrons. The second kappa shape index (κ2) is 9.37. The summed E-state index contributed by atoms with van der Waals surface area (Å²) in [4.78, 5) is 2.71. The molecule has 0 aliphatic carbocycles. The molecule has 0 spiro atoms. The van der Waals surface area contributed by atoms with E-state index in [4.69, 9.17) is 5.73 Å². The van der Waals surface area contributed by atoms with Crippen LogP contribution in [0.5, 0.6) is 0 Å². The average molecular weight is 372 g/mol. The maximum atomic E-state index is 5.58. The summed E-state index contributed by atoms with van der Waals surface area (Å²) < 4.78 is 0. The first kappa shape index (κ1) is 19.2. The van der Waals surface area contributed by atoms with Gasteiger partial charge in [0, 0.05) is 43.3 Å². The third kappa shape index (κ3) is 4.83. The molecule has 27 heavy (non-hydrogen) atoms. The van der Waals surface area contributed by atoms with Crippen molar-refractivity contribution in [3.63, 3.8) is 0 Å². The maximum absolute atomic E-state index is 5.58. The summed E-state index contributed by atoms with van der Waals surface area (Å²) in [5, 5.41) is 11.2. The molecule has 3 aliphatic heterocycles. The first-order valence-corrected chi connectivity index (χ1v) is 11.1. The Kier molecular flexibility index (Phi) is 6.66. The molecule has 4 rings (SSSR count). The number of anilines is 1. The molecule has 0 aromatic heterocycles. The highest BCUT2D eigenvalue weighted by Crippen LogP contribution is 2.40. The number of likely N-dealkylation sites (tertiary alicyclic amines) is 1. The molecular weight excluding hydrogens is 334 g/mol. The van der Waals surface area contributed by atoms with Crippen LogP contribution in [-0.4, -0.2) is 62.8 Å². The van der Waals surface area contributed by atoms with Crippen LogP contribution < -0.4 is 21.7 Å². The first-order valence-electron chi connectivity index (χ1n) is 11.1. The largest absolute Gasteiger partial charge is 0.380 e. The molecule has 0 saturated carbocycles. The van der Waals surface area contributed by atoms with Gasteiger partial charge in [-0.15, -0.1) is 0 Å². The van der Waals surface area contributed by atoms with Crippen molar-refractivity contribution in [3.8, 4) is 0 Å². The SMILES string of the molecule is NCCCCNCC1CCCN(CC2CC3c4ccccc4NC3CN2)C1. The molecule has 4 atom stereocenters. The lowest BCUT2D eigenvalue weighted by molar-refractivity contribution is 0.146. The molecule has 5 nitrogen and oxygen atoms in total. The fraction of sp³-hybridized carbons (Fsp3) is 0.727. The summed E-state index contributed by atoms with van der Waals surface area (Å²) >= 11 is 0. The van der Waals surface area contributed by atoms with Crippen LogP contribution >= 0.6 is 0 Å². The van der Waals surface area contributed by atoms with E-state index in [2.05, 4.69) is 45.1 Å². The van der Waals surface area contributed by atoms with Gasteiger partial charge in [0.05, 0.1) is 0 Å². The number of fused-ring (bicyclic) bond motifs is 3. The van der Waals surface area contributed by atoms with Gasteiger partial charge >= 0.3 is 0 Å². The summed E-state index contributed by atoms with van der Waals surface area (Å²) in [7, 11) is 0. The smallest absolute Gasteiger partial charge is 0.0456 e. The number of nitrogens with zero attached hydrogens (tertiary/aromatic N) is 1. The minimum Gasteiger partial charge on any atom is -0.380 e. The summed E-state index contributed by atoms with van der Waals surface area (Å²) in [5.41, 5.74) is 8.46. The maximum Gasteiger partial charge on any atom is 0.0456 e. The van der Waals surface area contributed by atoms with Crippen molar-refractivity contribution in [2.24, 2.45) is 11.7 Å². The minimum atomic E-state index is 0.575. The normalized spacial score (nSPS) is 30.6. The minimum absolute atomic E-state index is 0.575. The molecular formula is C22H37N5.